The first-order chi connectivity index (χ1) is 10.2. The number of hydrogen-bond acceptors (Lipinski definition) is 4. The van der Waals surface area contributed by atoms with Crippen molar-refractivity contribution in [3.8, 4) is 0 Å². The van der Waals surface area contributed by atoms with Gasteiger partial charge in [0.05, 0.1) is 18.8 Å². The summed E-state index contributed by atoms with van der Waals surface area (Å²) in [6.45, 7) is 7.56. The van der Waals surface area contributed by atoms with Crippen LogP contribution in [0.3, 0.4) is 0 Å². The average molecular weight is 421 g/mol. The summed E-state index contributed by atoms with van der Waals surface area (Å²) in [7, 11) is 3.96. The second-order valence-electron chi connectivity index (χ2n) is 4.70. The molecule has 1 aromatic rings. The molecule has 2 N–H and O–H groups in total. The van der Waals surface area contributed by atoms with Crippen molar-refractivity contribution >= 4 is 35.8 Å². The van der Waals surface area contributed by atoms with Gasteiger partial charge in [-0.1, -0.05) is 6.07 Å². The highest BCUT2D eigenvalue weighted by Crippen LogP contribution is 2.08. The van der Waals surface area contributed by atoms with E-state index in [4.69, 9.17) is 4.74 Å². The highest BCUT2D eigenvalue weighted by Gasteiger charge is 2.01. The number of nitrogens with one attached hydrogen (secondary N) is 2. The summed E-state index contributed by atoms with van der Waals surface area (Å²) in [5.74, 6) is 1.73. The van der Waals surface area contributed by atoms with E-state index in [1.807, 2.05) is 51.0 Å². The summed E-state index contributed by atoms with van der Waals surface area (Å²) in [5.41, 5.74) is 0.947. The third-order valence-electron chi connectivity index (χ3n) is 2.74. The lowest BCUT2D eigenvalue weighted by Gasteiger charge is -2.13. The van der Waals surface area contributed by atoms with Crippen molar-refractivity contribution in [1.29, 1.82) is 0 Å². The molecule has 0 unspecified atom stereocenters. The zero-order chi connectivity index (χ0) is 15.5. The fourth-order valence-electron chi connectivity index (χ4n) is 1.69. The van der Waals surface area contributed by atoms with Crippen LogP contribution in [0.25, 0.3) is 0 Å². The molecule has 0 spiro atoms. The second-order valence-corrected chi connectivity index (χ2v) is 4.70. The molecule has 0 bridgehead atoms. The summed E-state index contributed by atoms with van der Waals surface area (Å²) in [6, 6.07) is 5.97. The molecule has 0 aliphatic heterocycles. The zero-order valence-corrected chi connectivity index (χ0v) is 16.3. The lowest BCUT2D eigenvalue weighted by atomic mass is 10.3. The number of aromatic nitrogens is 1. The van der Waals surface area contributed by atoms with Gasteiger partial charge < -0.3 is 20.3 Å². The van der Waals surface area contributed by atoms with Gasteiger partial charge in [-0.25, -0.2) is 9.98 Å². The van der Waals surface area contributed by atoms with Crippen LogP contribution in [0.15, 0.2) is 23.2 Å². The Hall–Kier alpha value is -1.09. The normalized spacial score (nSPS) is 10.8. The molecule has 0 aromatic carbocycles. The minimum Gasteiger partial charge on any atom is -0.380 e. The third-order valence-corrected chi connectivity index (χ3v) is 2.74. The van der Waals surface area contributed by atoms with Crippen molar-refractivity contribution in [3.05, 3.63) is 23.9 Å². The molecule has 0 fully saturated rings. The van der Waals surface area contributed by atoms with Gasteiger partial charge in [0.25, 0.3) is 0 Å². The SMILES string of the molecule is CCNC(=NCc1cccc(N(C)C)n1)NCCOCC.I. The summed E-state index contributed by atoms with van der Waals surface area (Å²) in [6.07, 6.45) is 0. The molecule has 0 saturated carbocycles. The minimum absolute atomic E-state index is 0. The van der Waals surface area contributed by atoms with E-state index >= 15 is 0 Å². The first kappa shape index (κ1) is 20.9. The Bertz CT molecular complexity index is 440. The summed E-state index contributed by atoms with van der Waals surface area (Å²) < 4.78 is 5.30. The van der Waals surface area contributed by atoms with Crippen LogP contribution in [0.5, 0.6) is 0 Å². The van der Waals surface area contributed by atoms with Crippen molar-refractivity contribution in [2.24, 2.45) is 4.99 Å². The van der Waals surface area contributed by atoms with Crippen LogP contribution in [-0.2, 0) is 11.3 Å². The van der Waals surface area contributed by atoms with Gasteiger partial charge in [-0.3, -0.25) is 0 Å². The molecule has 7 heteroatoms. The Morgan fingerprint density at radius 1 is 1.27 bits per heavy atom. The lowest BCUT2D eigenvalue weighted by molar-refractivity contribution is 0.152. The first-order valence-corrected chi connectivity index (χ1v) is 7.40. The number of guanidine groups is 1. The molecule has 1 heterocycles. The van der Waals surface area contributed by atoms with Crippen LogP contribution < -0.4 is 15.5 Å². The van der Waals surface area contributed by atoms with Crippen molar-refractivity contribution in [2.45, 2.75) is 20.4 Å². The molecule has 0 amide bonds. The molecule has 1 aromatic heterocycles. The van der Waals surface area contributed by atoms with Gasteiger partial charge >= 0.3 is 0 Å². The van der Waals surface area contributed by atoms with E-state index in [0.717, 1.165) is 37.2 Å². The minimum atomic E-state index is 0. The average Bonchev–Trinajstić information content (AvgIpc) is 2.49. The van der Waals surface area contributed by atoms with E-state index in [1.54, 1.807) is 0 Å². The first-order valence-electron chi connectivity index (χ1n) is 7.40. The van der Waals surface area contributed by atoms with Crippen molar-refractivity contribution in [2.75, 3.05) is 45.3 Å². The van der Waals surface area contributed by atoms with Crippen molar-refractivity contribution in [3.63, 3.8) is 0 Å². The van der Waals surface area contributed by atoms with E-state index in [9.17, 15) is 0 Å². The smallest absolute Gasteiger partial charge is 0.191 e. The van der Waals surface area contributed by atoms with Gasteiger partial charge in [0.2, 0.25) is 0 Å². The molecule has 1 rings (SSSR count). The van der Waals surface area contributed by atoms with E-state index in [2.05, 4.69) is 20.6 Å². The van der Waals surface area contributed by atoms with E-state index < -0.39 is 0 Å². The van der Waals surface area contributed by atoms with Gasteiger partial charge in [-0.05, 0) is 26.0 Å². The highest BCUT2D eigenvalue weighted by molar-refractivity contribution is 14.0. The lowest BCUT2D eigenvalue weighted by Crippen LogP contribution is -2.39. The Morgan fingerprint density at radius 3 is 2.68 bits per heavy atom. The summed E-state index contributed by atoms with van der Waals surface area (Å²) in [4.78, 5) is 11.1. The summed E-state index contributed by atoms with van der Waals surface area (Å²) in [5, 5.41) is 6.45. The monoisotopic (exact) mass is 421 g/mol. The predicted molar refractivity (Wildman–Crippen MR) is 103 cm³/mol. The van der Waals surface area contributed by atoms with Crippen LogP contribution in [0.4, 0.5) is 5.82 Å². The molecular weight excluding hydrogens is 393 g/mol. The second kappa shape index (κ2) is 12.5. The summed E-state index contributed by atoms with van der Waals surface area (Å²) >= 11 is 0. The standard InChI is InChI=1S/C15H27N5O.HI/c1-5-16-15(17-10-11-21-6-2)18-12-13-8-7-9-14(19-13)20(3)4;/h7-9H,5-6,10-12H2,1-4H3,(H2,16,17,18);1H. The van der Waals surface area contributed by atoms with Crippen LogP contribution in [0.1, 0.15) is 19.5 Å². The maximum absolute atomic E-state index is 5.30. The fourth-order valence-corrected chi connectivity index (χ4v) is 1.69. The van der Waals surface area contributed by atoms with Gasteiger partial charge in [0.15, 0.2) is 5.96 Å². The van der Waals surface area contributed by atoms with Crippen LogP contribution in [0.2, 0.25) is 0 Å². The van der Waals surface area contributed by atoms with Crippen molar-refractivity contribution < 1.29 is 4.74 Å². The number of pyridine rings is 1. The molecule has 6 nitrogen and oxygen atoms in total. The molecule has 22 heavy (non-hydrogen) atoms. The largest absolute Gasteiger partial charge is 0.380 e. The molecule has 0 atom stereocenters. The quantitative estimate of drug-likeness (QED) is 0.291. The Kier molecular flexibility index (Phi) is 11.8. The zero-order valence-electron chi connectivity index (χ0n) is 13.9. The Morgan fingerprint density at radius 2 is 2.05 bits per heavy atom. The van der Waals surface area contributed by atoms with Crippen LogP contribution in [0, 0.1) is 0 Å². The predicted octanol–water partition coefficient (Wildman–Crippen LogP) is 1.86. The third kappa shape index (κ3) is 8.38. The van der Waals surface area contributed by atoms with Gasteiger partial charge in [0, 0.05) is 33.8 Å². The number of aliphatic imine (C=N–C) groups is 1. The van der Waals surface area contributed by atoms with E-state index in [1.165, 1.54) is 0 Å². The molecule has 0 aliphatic carbocycles. The maximum atomic E-state index is 5.30. The number of rotatable bonds is 8. The van der Waals surface area contributed by atoms with E-state index in [-0.39, 0.29) is 24.0 Å². The Balaban J connectivity index is 0.00000441. The number of nitrogens with zero attached hydrogens (tertiary/aromatic N) is 3. The van der Waals surface area contributed by atoms with Crippen LogP contribution in [-0.4, -0.2) is 51.3 Å². The van der Waals surface area contributed by atoms with Crippen molar-refractivity contribution in [1.82, 2.24) is 15.6 Å². The molecule has 0 aliphatic rings. The Labute approximate surface area is 150 Å². The van der Waals surface area contributed by atoms with Gasteiger partial charge in [-0.15, -0.1) is 24.0 Å². The maximum Gasteiger partial charge on any atom is 0.191 e. The highest BCUT2D eigenvalue weighted by atomic mass is 127. The number of hydrogen-bond donors (Lipinski definition) is 2. The van der Waals surface area contributed by atoms with E-state index in [0.29, 0.717) is 13.2 Å². The molecular formula is C15H28IN5O. The van der Waals surface area contributed by atoms with Crippen LogP contribution >= 0.6 is 24.0 Å². The molecule has 126 valence electrons. The van der Waals surface area contributed by atoms with Gasteiger partial charge in [0.1, 0.15) is 5.82 Å². The number of halogens is 1. The molecule has 0 saturated heterocycles. The van der Waals surface area contributed by atoms with Gasteiger partial charge in [-0.2, -0.15) is 0 Å². The molecule has 0 radical (unpaired) electrons. The number of anilines is 1. The topological polar surface area (TPSA) is 61.8 Å². The fraction of sp³-hybridized carbons (Fsp3) is 0.600. The number of ether oxygens (including phenoxy) is 1.